The lowest BCUT2D eigenvalue weighted by molar-refractivity contribution is 0.504. The Morgan fingerprint density at radius 1 is 1.40 bits per heavy atom. The molecule has 82 valence electrons. The summed E-state index contributed by atoms with van der Waals surface area (Å²) in [7, 11) is 0. The summed E-state index contributed by atoms with van der Waals surface area (Å²) in [5.74, 6) is -1.82. The van der Waals surface area contributed by atoms with Gasteiger partial charge in [0.05, 0.1) is 6.04 Å². The minimum absolute atomic E-state index is 0. The molecule has 1 atom stereocenters. The van der Waals surface area contributed by atoms with Gasteiger partial charge in [0.25, 0.3) is 0 Å². The first kappa shape index (κ1) is 13.7. The summed E-state index contributed by atoms with van der Waals surface area (Å²) in [6.45, 7) is 1.81. The fraction of sp³-hybridized carbons (Fsp3) is 0.333. The van der Waals surface area contributed by atoms with E-state index < -0.39 is 17.7 Å². The average Bonchev–Trinajstić information content (AvgIpc) is 2.19. The molecule has 0 unspecified atom stereocenters. The third-order valence-corrected chi connectivity index (χ3v) is 1.91. The molecule has 0 amide bonds. The van der Waals surface area contributed by atoms with Crippen LogP contribution in [0.15, 0.2) is 23.3 Å². The summed E-state index contributed by atoms with van der Waals surface area (Å²) < 4.78 is 25.4. The maximum Gasteiger partial charge on any atom is 0.159 e. The SMILES string of the molecule is CC[C@H](N=[N+]=[N-])c1ccc(F)c(F)c1.S. The van der Waals surface area contributed by atoms with E-state index in [9.17, 15) is 8.78 Å². The van der Waals surface area contributed by atoms with Crippen molar-refractivity contribution in [3.05, 3.63) is 45.8 Å². The first-order chi connectivity index (χ1) is 6.69. The smallest absolute Gasteiger partial charge is 0.159 e. The van der Waals surface area contributed by atoms with E-state index in [4.69, 9.17) is 5.53 Å². The summed E-state index contributed by atoms with van der Waals surface area (Å²) in [4.78, 5) is 2.64. The van der Waals surface area contributed by atoms with Crippen molar-refractivity contribution in [2.24, 2.45) is 5.11 Å². The van der Waals surface area contributed by atoms with Crippen LogP contribution in [0.5, 0.6) is 0 Å². The lowest BCUT2D eigenvalue weighted by atomic mass is 10.1. The predicted octanol–water partition coefficient (Wildman–Crippen LogP) is 3.84. The first-order valence-corrected chi connectivity index (χ1v) is 4.18. The van der Waals surface area contributed by atoms with Gasteiger partial charge in [-0.1, -0.05) is 18.1 Å². The Morgan fingerprint density at radius 2 is 2.07 bits per heavy atom. The molecule has 6 heteroatoms. The van der Waals surface area contributed by atoms with Gasteiger partial charge in [-0.3, -0.25) is 0 Å². The van der Waals surface area contributed by atoms with Crippen LogP contribution >= 0.6 is 13.5 Å². The molecule has 1 rings (SSSR count). The molecule has 0 aliphatic rings. The zero-order chi connectivity index (χ0) is 10.6. The second-order valence-corrected chi connectivity index (χ2v) is 2.80. The van der Waals surface area contributed by atoms with Gasteiger partial charge in [-0.25, -0.2) is 8.78 Å². The highest BCUT2D eigenvalue weighted by atomic mass is 32.1. The van der Waals surface area contributed by atoms with Gasteiger partial charge in [-0.2, -0.15) is 13.5 Å². The Morgan fingerprint density at radius 3 is 2.53 bits per heavy atom. The van der Waals surface area contributed by atoms with E-state index in [1.807, 2.05) is 0 Å². The van der Waals surface area contributed by atoms with Gasteiger partial charge in [0.2, 0.25) is 0 Å². The van der Waals surface area contributed by atoms with E-state index in [-0.39, 0.29) is 13.5 Å². The second-order valence-electron chi connectivity index (χ2n) is 2.80. The average molecular weight is 231 g/mol. The molecule has 15 heavy (non-hydrogen) atoms. The van der Waals surface area contributed by atoms with Crippen LogP contribution in [0.4, 0.5) is 8.78 Å². The first-order valence-electron chi connectivity index (χ1n) is 4.18. The topological polar surface area (TPSA) is 48.8 Å². The third kappa shape index (κ3) is 3.42. The number of halogens is 2. The van der Waals surface area contributed by atoms with Crippen LogP contribution in [-0.4, -0.2) is 0 Å². The Bertz CT molecular complexity index is 378. The van der Waals surface area contributed by atoms with Gasteiger partial charge in [-0.05, 0) is 29.6 Å². The van der Waals surface area contributed by atoms with Gasteiger partial charge < -0.3 is 0 Å². The van der Waals surface area contributed by atoms with Crippen molar-refractivity contribution < 1.29 is 8.78 Å². The molecule has 0 saturated carbocycles. The molecule has 1 aromatic carbocycles. The molecule has 0 aromatic heterocycles. The molecule has 0 spiro atoms. The molecule has 0 bridgehead atoms. The highest BCUT2D eigenvalue weighted by molar-refractivity contribution is 7.59. The largest absolute Gasteiger partial charge is 0.204 e. The lowest BCUT2D eigenvalue weighted by Gasteiger charge is -2.08. The van der Waals surface area contributed by atoms with Gasteiger partial charge in [0.15, 0.2) is 11.6 Å². The lowest BCUT2D eigenvalue weighted by Crippen LogP contribution is -1.95. The summed E-state index contributed by atoms with van der Waals surface area (Å²) >= 11 is 0. The molecule has 1 aromatic rings. The maximum absolute atomic E-state index is 12.8. The van der Waals surface area contributed by atoms with E-state index in [0.717, 1.165) is 12.1 Å². The Hall–Kier alpha value is -1.26. The zero-order valence-electron chi connectivity index (χ0n) is 8.11. The van der Waals surface area contributed by atoms with Crippen LogP contribution in [-0.2, 0) is 0 Å². The molecule has 0 fully saturated rings. The van der Waals surface area contributed by atoms with E-state index in [1.165, 1.54) is 6.07 Å². The number of hydrogen-bond donors (Lipinski definition) is 0. The predicted molar refractivity (Wildman–Crippen MR) is 58.9 cm³/mol. The summed E-state index contributed by atoms with van der Waals surface area (Å²) in [5.41, 5.74) is 8.73. The zero-order valence-corrected chi connectivity index (χ0v) is 9.11. The Balaban J connectivity index is 0.00000196. The van der Waals surface area contributed by atoms with Crippen molar-refractivity contribution in [3.8, 4) is 0 Å². The summed E-state index contributed by atoms with van der Waals surface area (Å²) in [6.07, 6.45) is 0.551. The van der Waals surface area contributed by atoms with Crippen molar-refractivity contribution in [1.82, 2.24) is 0 Å². The molecule has 0 heterocycles. The fourth-order valence-electron chi connectivity index (χ4n) is 1.17. The van der Waals surface area contributed by atoms with E-state index >= 15 is 0 Å². The maximum atomic E-state index is 12.8. The second kappa shape index (κ2) is 6.27. The standard InChI is InChI=1S/C9H9F2N3.H2S/c1-2-9(13-14-12)6-3-4-7(10)8(11)5-6;/h3-5,9H,2H2,1H3;1H2/t9-;/m0./s1. The molecule has 0 radical (unpaired) electrons. The minimum Gasteiger partial charge on any atom is -0.204 e. The third-order valence-electron chi connectivity index (χ3n) is 1.91. The van der Waals surface area contributed by atoms with Crippen molar-refractivity contribution in [2.45, 2.75) is 19.4 Å². The van der Waals surface area contributed by atoms with E-state index in [2.05, 4.69) is 10.0 Å². The Labute approximate surface area is 93.2 Å². The van der Waals surface area contributed by atoms with E-state index in [1.54, 1.807) is 6.92 Å². The number of rotatable bonds is 3. The molecule has 0 saturated heterocycles. The van der Waals surface area contributed by atoms with Crippen LogP contribution < -0.4 is 0 Å². The quantitative estimate of drug-likeness (QED) is 0.431. The molecule has 3 nitrogen and oxygen atoms in total. The van der Waals surface area contributed by atoms with Gasteiger partial charge in [0.1, 0.15) is 0 Å². The van der Waals surface area contributed by atoms with E-state index in [0.29, 0.717) is 12.0 Å². The summed E-state index contributed by atoms with van der Waals surface area (Å²) in [5, 5.41) is 3.48. The minimum atomic E-state index is -0.922. The van der Waals surface area contributed by atoms with Gasteiger partial charge in [-0.15, -0.1) is 0 Å². The highest BCUT2D eigenvalue weighted by Crippen LogP contribution is 2.22. The monoisotopic (exact) mass is 231 g/mol. The van der Waals surface area contributed by atoms with Crippen LogP contribution in [0.3, 0.4) is 0 Å². The number of nitrogens with zero attached hydrogens (tertiary/aromatic N) is 3. The molecule has 0 aliphatic carbocycles. The van der Waals surface area contributed by atoms with Crippen LogP contribution in [0, 0.1) is 11.6 Å². The summed E-state index contributed by atoms with van der Waals surface area (Å²) in [6, 6.07) is 3.06. The van der Waals surface area contributed by atoms with Crippen molar-refractivity contribution in [2.75, 3.05) is 0 Å². The molecule has 0 aliphatic heterocycles. The van der Waals surface area contributed by atoms with Crippen LogP contribution in [0.1, 0.15) is 24.9 Å². The van der Waals surface area contributed by atoms with Gasteiger partial charge >= 0.3 is 0 Å². The molecular weight excluding hydrogens is 220 g/mol. The molecular formula is C9H11F2N3S. The number of hydrogen-bond acceptors (Lipinski definition) is 1. The highest BCUT2D eigenvalue weighted by Gasteiger charge is 2.09. The number of benzene rings is 1. The van der Waals surface area contributed by atoms with Crippen molar-refractivity contribution >= 4 is 13.5 Å². The fourth-order valence-corrected chi connectivity index (χ4v) is 1.17. The number of azide groups is 1. The normalized spacial score (nSPS) is 11.1. The van der Waals surface area contributed by atoms with Crippen molar-refractivity contribution in [1.29, 1.82) is 0 Å². The van der Waals surface area contributed by atoms with Crippen LogP contribution in [0.2, 0.25) is 0 Å². The molecule has 0 N–H and O–H groups in total. The van der Waals surface area contributed by atoms with Crippen molar-refractivity contribution in [3.63, 3.8) is 0 Å². The van der Waals surface area contributed by atoms with Crippen LogP contribution in [0.25, 0.3) is 10.4 Å². The Kier molecular flexibility index (Phi) is 5.74. The van der Waals surface area contributed by atoms with Gasteiger partial charge in [0, 0.05) is 4.91 Å².